The number of aryl methyl sites for hydroxylation is 2. The van der Waals surface area contributed by atoms with E-state index in [1.807, 2.05) is 0 Å². The minimum Gasteiger partial charge on any atom is -0.393 e. The van der Waals surface area contributed by atoms with E-state index < -0.39 is 0 Å². The van der Waals surface area contributed by atoms with Crippen LogP contribution in [0.1, 0.15) is 63.1 Å². The van der Waals surface area contributed by atoms with Crippen LogP contribution in [-0.2, 0) is 19.3 Å². The Morgan fingerprint density at radius 1 is 1.14 bits per heavy atom. The fourth-order valence-corrected chi connectivity index (χ4v) is 4.65. The fourth-order valence-electron chi connectivity index (χ4n) is 4.65. The van der Waals surface area contributed by atoms with Crippen LogP contribution in [0.4, 0.5) is 0 Å². The summed E-state index contributed by atoms with van der Waals surface area (Å²) in [5, 5.41) is 10.5. The quantitative estimate of drug-likeness (QED) is 0.865. The zero-order valence-corrected chi connectivity index (χ0v) is 13.9. The Morgan fingerprint density at radius 3 is 2.67 bits per heavy atom. The summed E-state index contributed by atoms with van der Waals surface area (Å²) < 4.78 is 0. The lowest BCUT2D eigenvalue weighted by atomic mass is 9.65. The first kappa shape index (κ1) is 15.1. The van der Waals surface area contributed by atoms with Crippen molar-refractivity contribution >= 4 is 0 Å². The van der Waals surface area contributed by atoms with Gasteiger partial charge in [-0.2, -0.15) is 0 Å². The van der Waals surface area contributed by atoms with E-state index in [1.54, 1.807) is 11.1 Å². The van der Waals surface area contributed by atoms with Crippen molar-refractivity contribution in [1.29, 1.82) is 0 Å². The highest BCUT2D eigenvalue weighted by atomic mass is 16.3. The molecule has 3 rings (SSSR count). The van der Waals surface area contributed by atoms with Gasteiger partial charge in [0.2, 0.25) is 0 Å². The van der Waals surface area contributed by atoms with Crippen LogP contribution in [0.25, 0.3) is 0 Å². The Morgan fingerprint density at radius 2 is 1.90 bits per heavy atom. The fraction of sp³-hybridized carbons (Fsp3) is 0.700. The molecule has 1 N–H and O–H groups in total. The zero-order chi connectivity index (χ0) is 15.0. The third-order valence-corrected chi connectivity index (χ3v) is 5.91. The Hall–Kier alpha value is -0.820. The molecule has 2 aliphatic carbocycles. The molecule has 1 aromatic rings. The van der Waals surface area contributed by atoms with Crippen molar-refractivity contribution in [2.45, 2.75) is 71.8 Å². The van der Waals surface area contributed by atoms with Crippen LogP contribution in [-0.4, -0.2) is 11.2 Å². The third-order valence-electron chi connectivity index (χ3n) is 5.91. The first-order valence-corrected chi connectivity index (χ1v) is 8.74. The van der Waals surface area contributed by atoms with E-state index in [9.17, 15) is 5.11 Å². The van der Waals surface area contributed by atoms with Crippen LogP contribution in [0.3, 0.4) is 0 Å². The van der Waals surface area contributed by atoms with Crippen LogP contribution in [0.2, 0.25) is 0 Å². The molecule has 21 heavy (non-hydrogen) atoms. The summed E-state index contributed by atoms with van der Waals surface area (Å²) in [4.78, 5) is 0. The van der Waals surface area contributed by atoms with Crippen LogP contribution in [0.5, 0.6) is 0 Å². The van der Waals surface area contributed by atoms with Gasteiger partial charge in [-0.3, -0.25) is 0 Å². The van der Waals surface area contributed by atoms with Gasteiger partial charge in [-0.15, -0.1) is 0 Å². The molecule has 0 spiro atoms. The van der Waals surface area contributed by atoms with Crippen LogP contribution < -0.4 is 0 Å². The number of rotatable bonds is 3. The molecule has 1 aromatic carbocycles. The molecular weight excluding hydrogens is 256 g/mol. The molecule has 3 atom stereocenters. The Kier molecular flexibility index (Phi) is 4.14. The lowest BCUT2D eigenvalue weighted by Gasteiger charge is -2.42. The standard InChI is InChI=1S/C20H30O/c1-14-7-10-18(19(21)11-14)20(2,3)13-15-8-9-16-5-4-6-17(16)12-15/h8-9,12,14,18-19,21H,4-7,10-11,13H2,1-3H3. The Bertz CT molecular complexity index is 503. The summed E-state index contributed by atoms with van der Waals surface area (Å²) in [7, 11) is 0. The van der Waals surface area contributed by atoms with E-state index in [1.165, 1.54) is 37.7 Å². The number of hydrogen-bond donors (Lipinski definition) is 1. The van der Waals surface area contributed by atoms with E-state index >= 15 is 0 Å². The van der Waals surface area contributed by atoms with Gasteiger partial charge in [-0.25, -0.2) is 0 Å². The lowest BCUT2D eigenvalue weighted by molar-refractivity contribution is -0.0125. The highest BCUT2D eigenvalue weighted by Crippen LogP contribution is 2.42. The number of hydrogen-bond acceptors (Lipinski definition) is 1. The largest absolute Gasteiger partial charge is 0.393 e. The van der Waals surface area contributed by atoms with Crippen molar-refractivity contribution in [1.82, 2.24) is 0 Å². The van der Waals surface area contributed by atoms with Gasteiger partial charge >= 0.3 is 0 Å². The van der Waals surface area contributed by atoms with Crippen LogP contribution >= 0.6 is 0 Å². The molecule has 1 nitrogen and oxygen atoms in total. The number of benzene rings is 1. The van der Waals surface area contributed by atoms with Gasteiger partial charge in [-0.1, -0.05) is 45.4 Å². The van der Waals surface area contributed by atoms with E-state index in [-0.39, 0.29) is 11.5 Å². The van der Waals surface area contributed by atoms with Gasteiger partial charge in [0.05, 0.1) is 6.10 Å². The average Bonchev–Trinajstić information content (AvgIpc) is 2.85. The van der Waals surface area contributed by atoms with E-state index in [0.29, 0.717) is 11.8 Å². The predicted molar refractivity (Wildman–Crippen MR) is 88.5 cm³/mol. The first-order valence-electron chi connectivity index (χ1n) is 8.74. The van der Waals surface area contributed by atoms with E-state index in [0.717, 1.165) is 12.8 Å². The minimum atomic E-state index is -0.113. The summed E-state index contributed by atoms with van der Waals surface area (Å²) in [5.74, 6) is 1.13. The molecule has 0 aromatic heterocycles. The lowest BCUT2D eigenvalue weighted by Crippen LogP contribution is -2.39. The van der Waals surface area contributed by atoms with Crippen molar-refractivity contribution < 1.29 is 5.11 Å². The maximum Gasteiger partial charge on any atom is 0.0576 e. The van der Waals surface area contributed by atoms with Crippen molar-refractivity contribution in [3.05, 3.63) is 34.9 Å². The van der Waals surface area contributed by atoms with Gasteiger partial charge in [0.25, 0.3) is 0 Å². The number of aliphatic hydroxyl groups is 1. The monoisotopic (exact) mass is 286 g/mol. The van der Waals surface area contributed by atoms with Crippen LogP contribution in [0.15, 0.2) is 18.2 Å². The van der Waals surface area contributed by atoms with Crippen molar-refractivity contribution in [3.8, 4) is 0 Å². The SMILES string of the molecule is CC1CCC(C(C)(C)Cc2ccc3c(c2)CCC3)C(O)C1. The Labute approximate surface area is 129 Å². The molecule has 3 unspecified atom stereocenters. The minimum absolute atomic E-state index is 0.113. The molecule has 0 heterocycles. The van der Waals surface area contributed by atoms with Crippen molar-refractivity contribution in [3.63, 3.8) is 0 Å². The predicted octanol–water partition coefficient (Wildman–Crippen LogP) is 4.54. The highest BCUT2D eigenvalue weighted by Gasteiger charge is 2.38. The summed E-state index contributed by atoms with van der Waals surface area (Å²) in [6.45, 7) is 6.97. The molecule has 0 radical (unpaired) electrons. The van der Waals surface area contributed by atoms with Gasteiger partial charge in [0.15, 0.2) is 0 Å². The molecule has 1 heteroatoms. The second-order valence-electron chi connectivity index (χ2n) is 8.21. The highest BCUT2D eigenvalue weighted by molar-refractivity contribution is 5.35. The van der Waals surface area contributed by atoms with Gasteiger partial charge < -0.3 is 5.11 Å². The Balaban J connectivity index is 1.73. The first-order chi connectivity index (χ1) is 9.95. The summed E-state index contributed by atoms with van der Waals surface area (Å²) in [6.07, 6.45) is 8.26. The molecule has 1 fully saturated rings. The maximum atomic E-state index is 10.5. The van der Waals surface area contributed by atoms with Crippen molar-refractivity contribution in [2.24, 2.45) is 17.3 Å². The molecular formula is C20H30O. The molecule has 1 saturated carbocycles. The zero-order valence-electron chi connectivity index (χ0n) is 13.9. The van der Waals surface area contributed by atoms with E-state index in [4.69, 9.17) is 0 Å². The van der Waals surface area contributed by atoms with Gasteiger partial charge in [-0.05, 0) is 72.5 Å². The third kappa shape index (κ3) is 3.18. The van der Waals surface area contributed by atoms with Gasteiger partial charge in [0.1, 0.15) is 0 Å². The maximum absolute atomic E-state index is 10.5. The summed E-state index contributed by atoms with van der Waals surface area (Å²) in [6, 6.07) is 7.10. The molecule has 0 saturated heterocycles. The molecule has 0 aliphatic heterocycles. The van der Waals surface area contributed by atoms with E-state index in [2.05, 4.69) is 39.0 Å². The second-order valence-corrected chi connectivity index (χ2v) is 8.21. The van der Waals surface area contributed by atoms with Gasteiger partial charge in [0, 0.05) is 0 Å². The second kappa shape index (κ2) is 5.76. The van der Waals surface area contributed by atoms with Crippen LogP contribution in [0, 0.1) is 17.3 Å². The summed E-state index contributed by atoms with van der Waals surface area (Å²) >= 11 is 0. The summed E-state index contributed by atoms with van der Waals surface area (Å²) in [5.41, 5.74) is 4.78. The molecule has 2 aliphatic rings. The molecule has 116 valence electrons. The average molecular weight is 286 g/mol. The number of fused-ring (bicyclic) bond motifs is 1. The van der Waals surface area contributed by atoms with Crippen molar-refractivity contribution in [2.75, 3.05) is 0 Å². The number of aliphatic hydroxyl groups excluding tert-OH is 1. The molecule has 0 amide bonds. The normalized spacial score (nSPS) is 29.4. The molecule has 0 bridgehead atoms. The smallest absolute Gasteiger partial charge is 0.0576 e. The topological polar surface area (TPSA) is 20.2 Å².